The molecule has 0 amide bonds. The van der Waals surface area contributed by atoms with Crippen molar-refractivity contribution >= 4 is 11.7 Å². The van der Waals surface area contributed by atoms with E-state index in [0.29, 0.717) is 6.42 Å². The summed E-state index contributed by atoms with van der Waals surface area (Å²) in [6.45, 7) is 4.66. The third kappa shape index (κ3) is 2.65. The number of benzene rings is 1. The standard InChI is InChI=1S/C14H18N2O4/c1-9(11-3-5-12(6-4-11)16(19)20)15-8-7-13(10(15)2)14(17)18/h3-6,9-10,13H,7-8H2,1-2H3,(H,17,18). The Morgan fingerprint density at radius 2 is 2.05 bits per heavy atom. The molecule has 1 aliphatic rings. The van der Waals surface area contributed by atoms with Crippen molar-refractivity contribution < 1.29 is 14.8 Å². The first kappa shape index (κ1) is 14.5. The van der Waals surface area contributed by atoms with Gasteiger partial charge in [0.05, 0.1) is 10.8 Å². The van der Waals surface area contributed by atoms with E-state index in [9.17, 15) is 14.9 Å². The van der Waals surface area contributed by atoms with Crippen molar-refractivity contribution in [1.29, 1.82) is 0 Å². The van der Waals surface area contributed by atoms with Crippen LogP contribution in [0.5, 0.6) is 0 Å². The Balaban J connectivity index is 2.13. The van der Waals surface area contributed by atoms with Crippen molar-refractivity contribution in [3.8, 4) is 0 Å². The number of aliphatic carboxylic acids is 1. The van der Waals surface area contributed by atoms with Gasteiger partial charge in [-0.15, -0.1) is 0 Å². The summed E-state index contributed by atoms with van der Waals surface area (Å²) in [4.78, 5) is 23.5. The van der Waals surface area contributed by atoms with E-state index < -0.39 is 10.9 Å². The van der Waals surface area contributed by atoms with E-state index in [-0.39, 0.29) is 23.7 Å². The molecule has 108 valence electrons. The number of carboxylic acids is 1. The first-order valence-corrected chi connectivity index (χ1v) is 6.64. The molecule has 1 N–H and O–H groups in total. The summed E-state index contributed by atoms with van der Waals surface area (Å²) in [5.74, 6) is -1.09. The maximum absolute atomic E-state index is 11.1. The van der Waals surface area contributed by atoms with Crippen LogP contribution in [0.4, 0.5) is 5.69 Å². The molecule has 0 aromatic heterocycles. The molecule has 0 bridgehead atoms. The summed E-state index contributed by atoms with van der Waals surface area (Å²) >= 11 is 0. The molecular weight excluding hydrogens is 260 g/mol. The molecule has 1 aliphatic heterocycles. The van der Waals surface area contributed by atoms with E-state index >= 15 is 0 Å². The van der Waals surface area contributed by atoms with Gasteiger partial charge in [-0.25, -0.2) is 0 Å². The number of likely N-dealkylation sites (tertiary alicyclic amines) is 1. The Morgan fingerprint density at radius 3 is 2.50 bits per heavy atom. The highest BCUT2D eigenvalue weighted by Gasteiger charge is 2.37. The van der Waals surface area contributed by atoms with Crippen LogP contribution in [0.2, 0.25) is 0 Å². The third-order valence-corrected chi connectivity index (χ3v) is 4.20. The molecule has 6 nitrogen and oxygen atoms in total. The largest absolute Gasteiger partial charge is 0.481 e. The SMILES string of the molecule is CC(c1ccc([N+](=O)[O-])cc1)N1CCC(C(=O)O)C1C. The summed E-state index contributed by atoms with van der Waals surface area (Å²) in [5, 5.41) is 19.8. The number of nitro benzene ring substituents is 1. The Bertz CT molecular complexity index is 514. The minimum absolute atomic E-state index is 0.0299. The van der Waals surface area contributed by atoms with Gasteiger partial charge in [-0.2, -0.15) is 0 Å². The molecular formula is C14H18N2O4. The summed E-state index contributed by atoms with van der Waals surface area (Å²) in [5.41, 5.74) is 1.03. The lowest BCUT2D eigenvalue weighted by molar-refractivity contribution is -0.384. The maximum atomic E-state index is 11.1. The van der Waals surface area contributed by atoms with Gasteiger partial charge in [0.15, 0.2) is 0 Å². The molecule has 0 spiro atoms. The quantitative estimate of drug-likeness (QED) is 0.675. The fourth-order valence-corrected chi connectivity index (χ4v) is 2.91. The lowest BCUT2D eigenvalue weighted by Crippen LogP contribution is -2.34. The first-order chi connectivity index (χ1) is 9.41. The van der Waals surface area contributed by atoms with Crippen LogP contribution in [0.1, 0.15) is 31.9 Å². The van der Waals surface area contributed by atoms with Crippen LogP contribution in [-0.4, -0.2) is 33.5 Å². The summed E-state index contributed by atoms with van der Waals surface area (Å²) < 4.78 is 0. The monoisotopic (exact) mass is 278 g/mol. The number of rotatable bonds is 4. The van der Waals surface area contributed by atoms with Crippen LogP contribution < -0.4 is 0 Å². The molecule has 1 heterocycles. The van der Waals surface area contributed by atoms with Crippen molar-refractivity contribution in [1.82, 2.24) is 4.90 Å². The van der Waals surface area contributed by atoms with Crippen LogP contribution in [0.3, 0.4) is 0 Å². The molecule has 1 aromatic carbocycles. The second-order valence-electron chi connectivity index (χ2n) is 5.24. The minimum atomic E-state index is -0.754. The molecule has 20 heavy (non-hydrogen) atoms. The summed E-state index contributed by atoms with van der Waals surface area (Å²) in [6, 6.07) is 6.48. The Labute approximate surface area is 117 Å². The zero-order chi connectivity index (χ0) is 14.9. The number of non-ortho nitro benzene ring substituents is 1. The first-order valence-electron chi connectivity index (χ1n) is 6.64. The highest BCUT2D eigenvalue weighted by atomic mass is 16.6. The van der Waals surface area contributed by atoms with Crippen molar-refractivity contribution in [3.05, 3.63) is 39.9 Å². The topological polar surface area (TPSA) is 83.7 Å². The van der Waals surface area contributed by atoms with Crippen molar-refractivity contribution in [2.24, 2.45) is 5.92 Å². The van der Waals surface area contributed by atoms with E-state index in [2.05, 4.69) is 4.90 Å². The fraction of sp³-hybridized carbons (Fsp3) is 0.500. The molecule has 6 heteroatoms. The predicted molar refractivity (Wildman–Crippen MR) is 73.4 cm³/mol. The maximum Gasteiger partial charge on any atom is 0.308 e. The summed E-state index contributed by atoms with van der Waals surface area (Å²) in [7, 11) is 0. The van der Waals surface area contributed by atoms with Crippen LogP contribution in [0.15, 0.2) is 24.3 Å². The Hall–Kier alpha value is -1.95. The van der Waals surface area contributed by atoms with Gasteiger partial charge in [0, 0.05) is 24.2 Å². The molecule has 0 radical (unpaired) electrons. The predicted octanol–water partition coefficient (Wildman–Crippen LogP) is 2.45. The number of nitro groups is 1. The average molecular weight is 278 g/mol. The van der Waals surface area contributed by atoms with E-state index in [0.717, 1.165) is 12.1 Å². The van der Waals surface area contributed by atoms with Crippen LogP contribution >= 0.6 is 0 Å². The van der Waals surface area contributed by atoms with Gasteiger partial charge in [0.2, 0.25) is 0 Å². The van der Waals surface area contributed by atoms with Crippen LogP contribution in [0, 0.1) is 16.0 Å². The smallest absolute Gasteiger partial charge is 0.308 e. The third-order valence-electron chi connectivity index (χ3n) is 4.20. The fourth-order valence-electron chi connectivity index (χ4n) is 2.91. The average Bonchev–Trinajstić information content (AvgIpc) is 2.80. The van der Waals surface area contributed by atoms with Crippen molar-refractivity contribution in [2.45, 2.75) is 32.4 Å². The van der Waals surface area contributed by atoms with Crippen LogP contribution in [0.25, 0.3) is 0 Å². The molecule has 0 aliphatic carbocycles. The van der Waals surface area contributed by atoms with Gasteiger partial charge in [0.25, 0.3) is 5.69 Å². The molecule has 1 saturated heterocycles. The van der Waals surface area contributed by atoms with E-state index in [1.165, 1.54) is 12.1 Å². The number of carboxylic acid groups (broad SMARTS) is 1. The second-order valence-corrected chi connectivity index (χ2v) is 5.24. The van der Waals surface area contributed by atoms with Gasteiger partial charge in [0.1, 0.15) is 0 Å². The van der Waals surface area contributed by atoms with Gasteiger partial charge in [-0.3, -0.25) is 19.8 Å². The molecule has 1 aromatic rings. The lowest BCUT2D eigenvalue weighted by atomic mass is 10.0. The van der Waals surface area contributed by atoms with E-state index in [1.54, 1.807) is 12.1 Å². The molecule has 2 rings (SSSR count). The second kappa shape index (κ2) is 5.58. The Morgan fingerprint density at radius 1 is 1.45 bits per heavy atom. The van der Waals surface area contributed by atoms with Gasteiger partial charge < -0.3 is 5.11 Å². The zero-order valence-electron chi connectivity index (χ0n) is 11.5. The van der Waals surface area contributed by atoms with Crippen molar-refractivity contribution in [2.75, 3.05) is 6.54 Å². The number of hydrogen-bond acceptors (Lipinski definition) is 4. The van der Waals surface area contributed by atoms with Crippen LogP contribution in [-0.2, 0) is 4.79 Å². The van der Waals surface area contributed by atoms with E-state index in [4.69, 9.17) is 5.11 Å². The van der Waals surface area contributed by atoms with E-state index in [1.807, 2.05) is 13.8 Å². The normalized spacial score (nSPS) is 24.5. The highest BCUT2D eigenvalue weighted by Crippen LogP contribution is 2.33. The minimum Gasteiger partial charge on any atom is -0.481 e. The highest BCUT2D eigenvalue weighted by molar-refractivity contribution is 5.71. The summed E-state index contributed by atoms with van der Waals surface area (Å²) in [6.07, 6.45) is 0.647. The van der Waals surface area contributed by atoms with Gasteiger partial charge in [-0.1, -0.05) is 12.1 Å². The molecule has 3 unspecified atom stereocenters. The lowest BCUT2D eigenvalue weighted by Gasteiger charge is -2.29. The van der Waals surface area contributed by atoms with Crippen molar-refractivity contribution in [3.63, 3.8) is 0 Å². The molecule has 1 fully saturated rings. The Kier molecular flexibility index (Phi) is 4.04. The zero-order valence-corrected chi connectivity index (χ0v) is 11.5. The van der Waals surface area contributed by atoms with Gasteiger partial charge >= 0.3 is 5.97 Å². The van der Waals surface area contributed by atoms with Gasteiger partial charge in [-0.05, 0) is 32.4 Å². The molecule has 0 saturated carbocycles. The number of carbonyl (C=O) groups is 1. The number of nitrogens with zero attached hydrogens (tertiary/aromatic N) is 2. The molecule has 3 atom stereocenters. The number of hydrogen-bond donors (Lipinski definition) is 1.